The highest BCUT2D eigenvalue weighted by molar-refractivity contribution is 9.10. The minimum Gasteiger partial charge on any atom is -0.486 e. The van der Waals surface area contributed by atoms with Crippen molar-refractivity contribution in [1.29, 1.82) is 0 Å². The second-order valence-corrected chi connectivity index (χ2v) is 5.81. The minimum absolute atomic E-state index is 0.169. The van der Waals surface area contributed by atoms with Crippen LogP contribution in [0.25, 0.3) is 5.65 Å². The summed E-state index contributed by atoms with van der Waals surface area (Å²) in [6, 6.07) is 9.21. The second kappa shape index (κ2) is 5.17. The molecule has 6 nitrogen and oxygen atoms in total. The molecule has 0 N–H and O–H groups in total. The van der Waals surface area contributed by atoms with E-state index in [1.54, 1.807) is 18.3 Å². The van der Waals surface area contributed by atoms with Gasteiger partial charge in [-0.05, 0) is 29.8 Å². The third-order valence-electron chi connectivity index (χ3n) is 3.52. The molecule has 0 atom stereocenters. The molecule has 112 valence electrons. The van der Waals surface area contributed by atoms with Crippen molar-refractivity contribution in [2.24, 2.45) is 0 Å². The van der Waals surface area contributed by atoms with E-state index in [0.717, 1.165) is 10.0 Å². The maximum absolute atomic E-state index is 12.3. The number of hydrogen-bond donors (Lipinski definition) is 0. The van der Waals surface area contributed by atoms with Gasteiger partial charge in [0.25, 0.3) is 0 Å². The third-order valence-corrected chi connectivity index (χ3v) is 4.26. The SMILES string of the molecule is O=c1n(Cc2cc3c(cc2Br)OCCO3)nc2ccccn12. The van der Waals surface area contributed by atoms with Gasteiger partial charge in [0.15, 0.2) is 17.1 Å². The van der Waals surface area contributed by atoms with Crippen LogP contribution >= 0.6 is 15.9 Å². The maximum Gasteiger partial charge on any atom is 0.350 e. The van der Waals surface area contributed by atoms with Crippen LogP contribution < -0.4 is 15.2 Å². The molecule has 7 heteroatoms. The van der Waals surface area contributed by atoms with E-state index in [4.69, 9.17) is 9.47 Å². The number of aromatic nitrogens is 3. The van der Waals surface area contributed by atoms with Crippen molar-refractivity contribution in [2.45, 2.75) is 6.54 Å². The van der Waals surface area contributed by atoms with E-state index in [1.165, 1.54) is 9.08 Å². The molecule has 3 aromatic rings. The first-order chi connectivity index (χ1) is 10.7. The molecule has 0 saturated heterocycles. The van der Waals surface area contributed by atoms with Crippen LogP contribution in [0.1, 0.15) is 5.56 Å². The number of nitrogens with zero attached hydrogens (tertiary/aromatic N) is 3. The Bertz CT molecular complexity index is 916. The summed E-state index contributed by atoms with van der Waals surface area (Å²) in [4.78, 5) is 12.3. The van der Waals surface area contributed by atoms with E-state index in [1.807, 2.05) is 18.2 Å². The van der Waals surface area contributed by atoms with Gasteiger partial charge in [0, 0.05) is 10.7 Å². The predicted octanol–water partition coefficient (Wildman–Crippen LogP) is 2.08. The van der Waals surface area contributed by atoms with Crippen LogP contribution in [0, 0.1) is 0 Å². The van der Waals surface area contributed by atoms with Gasteiger partial charge in [0.2, 0.25) is 0 Å². The number of benzene rings is 1. The first-order valence-corrected chi connectivity index (χ1v) is 7.64. The Hall–Kier alpha value is -2.28. The minimum atomic E-state index is -0.169. The molecule has 1 aromatic carbocycles. The van der Waals surface area contributed by atoms with Crippen LogP contribution in [0.2, 0.25) is 0 Å². The summed E-state index contributed by atoms with van der Waals surface area (Å²) in [7, 11) is 0. The lowest BCUT2D eigenvalue weighted by molar-refractivity contribution is 0.171. The number of fused-ring (bicyclic) bond motifs is 2. The standard InChI is InChI=1S/C15H12BrN3O3/c16-11-8-13-12(21-5-6-22-13)7-10(11)9-19-15(20)18-4-2-1-3-14(18)17-19/h1-4,7-8H,5-6,9H2. The van der Waals surface area contributed by atoms with Crippen LogP contribution in [0.3, 0.4) is 0 Å². The van der Waals surface area contributed by atoms with Gasteiger partial charge < -0.3 is 9.47 Å². The fourth-order valence-corrected chi connectivity index (χ4v) is 2.91. The molecule has 0 bridgehead atoms. The van der Waals surface area contributed by atoms with Crippen LogP contribution in [0.4, 0.5) is 0 Å². The van der Waals surface area contributed by atoms with E-state index in [2.05, 4.69) is 21.0 Å². The molecule has 0 unspecified atom stereocenters. The van der Waals surface area contributed by atoms with Crippen molar-refractivity contribution < 1.29 is 9.47 Å². The Balaban J connectivity index is 1.76. The Morgan fingerprint density at radius 2 is 1.95 bits per heavy atom. The fraction of sp³-hybridized carbons (Fsp3) is 0.200. The summed E-state index contributed by atoms with van der Waals surface area (Å²) in [6.45, 7) is 1.44. The highest BCUT2D eigenvalue weighted by Gasteiger charge is 2.16. The molecule has 4 rings (SSSR count). The first kappa shape index (κ1) is 13.4. The van der Waals surface area contributed by atoms with Crippen LogP contribution in [0.5, 0.6) is 11.5 Å². The van der Waals surface area contributed by atoms with E-state index < -0.39 is 0 Å². The van der Waals surface area contributed by atoms with Crippen molar-refractivity contribution in [3.05, 3.63) is 57.0 Å². The summed E-state index contributed by atoms with van der Waals surface area (Å²) in [5.74, 6) is 1.41. The first-order valence-electron chi connectivity index (χ1n) is 6.84. The summed E-state index contributed by atoms with van der Waals surface area (Å²) >= 11 is 3.52. The Labute approximate surface area is 134 Å². The van der Waals surface area contributed by atoms with Gasteiger partial charge in [-0.1, -0.05) is 22.0 Å². The largest absolute Gasteiger partial charge is 0.486 e. The average Bonchev–Trinajstić information content (AvgIpc) is 2.85. The molecule has 0 fully saturated rings. The molecule has 3 heterocycles. The van der Waals surface area contributed by atoms with Crippen molar-refractivity contribution in [1.82, 2.24) is 14.2 Å². The van der Waals surface area contributed by atoms with Gasteiger partial charge in [-0.3, -0.25) is 4.40 Å². The zero-order valence-electron chi connectivity index (χ0n) is 11.5. The van der Waals surface area contributed by atoms with Crippen LogP contribution in [-0.2, 0) is 6.54 Å². The van der Waals surface area contributed by atoms with Crippen molar-refractivity contribution in [2.75, 3.05) is 13.2 Å². The van der Waals surface area contributed by atoms with E-state index in [0.29, 0.717) is 36.9 Å². The molecule has 0 spiro atoms. The average molecular weight is 362 g/mol. The quantitative estimate of drug-likeness (QED) is 0.701. The monoisotopic (exact) mass is 361 g/mol. The highest BCUT2D eigenvalue weighted by Crippen LogP contribution is 2.35. The molecule has 0 radical (unpaired) electrons. The summed E-state index contributed by atoms with van der Waals surface area (Å²) in [5, 5.41) is 4.33. The van der Waals surface area contributed by atoms with Gasteiger partial charge in [0.05, 0.1) is 6.54 Å². The smallest absolute Gasteiger partial charge is 0.350 e. The van der Waals surface area contributed by atoms with Crippen LogP contribution in [0.15, 0.2) is 45.8 Å². The van der Waals surface area contributed by atoms with Crippen LogP contribution in [-0.4, -0.2) is 27.4 Å². The zero-order valence-corrected chi connectivity index (χ0v) is 13.1. The third kappa shape index (κ3) is 2.18. The molecule has 1 aliphatic rings. The Morgan fingerprint density at radius 3 is 2.73 bits per heavy atom. The molecule has 0 aliphatic carbocycles. The maximum atomic E-state index is 12.3. The van der Waals surface area contributed by atoms with Gasteiger partial charge >= 0.3 is 5.69 Å². The summed E-state index contributed by atoms with van der Waals surface area (Å²) in [5.41, 5.74) is 1.37. The van der Waals surface area contributed by atoms with Crippen molar-refractivity contribution in [3.8, 4) is 11.5 Å². The highest BCUT2D eigenvalue weighted by atomic mass is 79.9. The number of halogens is 1. The molecule has 0 amide bonds. The second-order valence-electron chi connectivity index (χ2n) is 4.96. The predicted molar refractivity (Wildman–Crippen MR) is 83.7 cm³/mol. The number of hydrogen-bond acceptors (Lipinski definition) is 4. The van der Waals surface area contributed by atoms with Gasteiger partial charge in [-0.25, -0.2) is 9.48 Å². The van der Waals surface area contributed by atoms with Gasteiger partial charge in [-0.2, -0.15) is 0 Å². The van der Waals surface area contributed by atoms with E-state index in [9.17, 15) is 4.79 Å². The Morgan fingerprint density at radius 1 is 1.18 bits per heavy atom. The molecule has 1 aliphatic heterocycles. The topological polar surface area (TPSA) is 57.8 Å². The fourth-order valence-electron chi connectivity index (χ4n) is 2.46. The lowest BCUT2D eigenvalue weighted by atomic mass is 10.2. The molecular weight excluding hydrogens is 350 g/mol. The lowest BCUT2D eigenvalue weighted by Gasteiger charge is -2.19. The molecular formula is C15H12BrN3O3. The molecule has 22 heavy (non-hydrogen) atoms. The van der Waals surface area contributed by atoms with Gasteiger partial charge in [-0.15, -0.1) is 5.10 Å². The number of pyridine rings is 1. The normalized spacial score (nSPS) is 13.5. The number of ether oxygens (including phenoxy) is 2. The molecule has 2 aromatic heterocycles. The van der Waals surface area contributed by atoms with Crippen molar-refractivity contribution >= 4 is 21.6 Å². The number of rotatable bonds is 2. The lowest BCUT2D eigenvalue weighted by Crippen LogP contribution is -2.22. The zero-order chi connectivity index (χ0) is 15.1. The summed E-state index contributed by atoms with van der Waals surface area (Å²) < 4.78 is 14.9. The van der Waals surface area contributed by atoms with E-state index in [-0.39, 0.29) is 5.69 Å². The Kier molecular flexibility index (Phi) is 3.15. The van der Waals surface area contributed by atoms with Gasteiger partial charge in [0.1, 0.15) is 13.2 Å². The van der Waals surface area contributed by atoms with Crippen molar-refractivity contribution in [3.63, 3.8) is 0 Å². The molecule has 0 saturated carbocycles. The van der Waals surface area contributed by atoms with E-state index >= 15 is 0 Å². The summed E-state index contributed by atoms with van der Waals surface area (Å²) in [6.07, 6.45) is 1.71.